The monoisotopic (exact) mass is 247 g/mol. The Bertz CT molecular complexity index is 360. The zero-order chi connectivity index (χ0) is 10.0. The Morgan fingerprint density at radius 3 is 2.69 bits per heavy atom. The van der Waals surface area contributed by atoms with E-state index in [1.54, 1.807) is 0 Å². The van der Waals surface area contributed by atoms with Gasteiger partial charge in [0.25, 0.3) is 0 Å². The van der Waals surface area contributed by atoms with E-state index >= 15 is 0 Å². The number of rotatable bonds is 2. The molecule has 1 aromatic rings. The molecule has 7 heteroatoms. The van der Waals surface area contributed by atoms with Crippen LogP contribution in [0.15, 0.2) is 4.60 Å². The Morgan fingerprint density at radius 2 is 2.23 bits per heavy atom. The Labute approximate surface area is 81.5 Å². The molecule has 0 aliphatic rings. The Hall–Kier alpha value is -1.37. The lowest BCUT2D eigenvalue weighted by atomic mass is 10.3. The number of carboxylic acids is 1. The van der Waals surface area contributed by atoms with E-state index in [0.717, 1.165) is 0 Å². The number of nitrogens with zero attached hydrogens (tertiary/aromatic N) is 1. The molecule has 0 aliphatic carbocycles. The fourth-order valence-corrected chi connectivity index (χ4v) is 1.22. The summed E-state index contributed by atoms with van der Waals surface area (Å²) in [5, 5.41) is 17.0. The van der Waals surface area contributed by atoms with Crippen molar-refractivity contribution < 1.29 is 14.7 Å². The maximum Gasteiger partial charge on any atom is 0.342 e. The van der Waals surface area contributed by atoms with Gasteiger partial charge in [0.1, 0.15) is 10.2 Å². The Morgan fingerprint density at radius 1 is 1.62 bits per heavy atom. The summed E-state index contributed by atoms with van der Waals surface area (Å²) in [7, 11) is 0. The van der Waals surface area contributed by atoms with Gasteiger partial charge in [-0.3, -0.25) is 9.89 Å². The zero-order valence-corrected chi connectivity index (χ0v) is 8.17. The fourth-order valence-electron chi connectivity index (χ4n) is 0.773. The van der Waals surface area contributed by atoms with Gasteiger partial charge in [-0.2, -0.15) is 5.10 Å². The fraction of sp³-hybridized carbons (Fsp3) is 0.167. The molecule has 0 atom stereocenters. The van der Waals surface area contributed by atoms with Gasteiger partial charge in [0, 0.05) is 6.92 Å². The molecule has 0 aromatic carbocycles. The quantitative estimate of drug-likeness (QED) is 0.722. The standard InChI is InChI=1S/C6H6BrN3O3/c1-2(11)8-5-3(6(12)13)4(7)9-10-5/h1H3,(H,12,13)(H2,8,9,10,11). The van der Waals surface area contributed by atoms with Crippen molar-refractivity contribution in [1.29, 1.82) is 0 Å². The van der Waals surface area contributed by atoms with E-state index in [-0.39, 0.29) is 21.9 Å². The minimum Gasteiger partial charge on any atom is -0.477 e. The maximum atomic E-state index is 10.6. The lowest BCUT2D eigenvalue weighted by Crippen LogP contribution is -2.10. The lowest BCUT2D eigenvalue weighted by molar-refractivity contribution is -0.114. The van der Waals surface area contributed by atoms with Crippen molar-refractivity contribution in [2.24, 2.45) is 0 Å². The molecular weight excluding hydrogens is 242 g/mol. The summed E-state index contributed by atoms with van der Waals surface area (Å²) in [4.78, 5) is 21.3. The molecule has 0 radical (unpaired) electrons. The van der Waals surface area contributed by atoms with Gasteiger partial charge in [-0.15, -0.1) is 0 Å². The van der Waals surface area contributed by atoms with Crippen molar-refractivity contribution in [3.05, 3.63) is 10.2 Å². The first kappa shape index (κ1) is 9.72. The second-order valence-electron chi connectivity index (χ2n) is 2.25. The second-order valence-corrected chi connectivity index (χ2v) is 3.04. The third-order valence-corrected chi connectivity index (χ3v) is 1.80. The number of hydrogen-bond acceptors (Lipinski definition) is 3. The second kappa shape index (κ2) is 3.56. The van der Waals surface area contributed by atoms with E-state index in [4.69, 9.17) is 5.11 Å². The first-order valence-corrected chi connectivity index (χ1v) is 4.06. The van der Waals surface area contributed by atoms with Crippen LogP contribution in [0.3, 0.4) is 0 Å². The van der Waals surface area contributed by atoms with Crippen molar-refractivity contribution in [3.63, 3.8) is 0 Å². The largest absolute Gasteiger partial charge is 0.477 e. The normalized spacial score (nSPS) is 9.69. The van der Waals surface area contributed by atoms with Gasteiger partial charge in [-0.25, -0.2) is 4.79 Å². The third-order valence-electron chi connectivity index (χ3n) is 1.23. The highest BCUT2D eigenvalue weighted by Gasteiger charge is 2.18. The molecule has 6 nitrogen and oxygen atoms in total. The molecule has 1 heterocycles. The molecule has 0 spiro atoms. The Balaban J connectivity index is 3.07. The first-order valence-electron chi connectivity index (χ1n) is 3.27. The number of nitrogens with one attached hydrogen (secondary N) is 2. The van der Waals surface area contributed by atoms with Crippen LogP contribution in [-0.4, -0.2) is 27.2 Å². The number of aromatic amines is 1. The van der Waals surface area contributed by atoms with Crippen LogP contribution in [0.4, 0.5) is 5.82 Å². The minimum absolute atomic E-state index is 0.00637. The predicted octanol–water partition coefficient (Wildman–Crippen LogP) is 0.829. The predicted molar refractivity (Wildman–Crippen MR) is 47.6 cm³/mol. The van der Waals surface area contributed by atoms with Gasteiger partial charge in [0.05, 0.1) is 0 Å². The molecule has 3 N–H and O–H groups in total. The van der Waals surface area contributed by atoms with E-state index in [1.807, 2.05) is 0 Å². The molecule has 0 bridgehead atoms. The number of carboxylic acid groups (broad SMARTS) is 1. The number of carbonyl (C=O) groups excluding carboxylic acids is 1. The summed E-state index contributed by atoms with van der Waals surface area (Å²) < 4.78 is 0.226. The molecule has 70 valence electrons. The molecule has 1 amide bonds. The van der Waals surface area contributed by atoms with Crippen LogP contribution in [0.25, 0.3) is 0 Å². The highest BCUT2D eigenvalue weighted by atomic mass is 79.9. The van der Waals surface area contributed by atoms with E-state index in [0.29, 0.717) is 0 Å². The van der Waals surface area contributed by atoms with Crippen molar-refractivity contribution in [1.82, 2.24) is 10.2 Å². The topological polar surface area (TPSA) is 95.1 Å². The summed E-state index contributed by atoms with van der Waals surface area (Å²) >= 11 is 2.96. The molecule has 0 unspecified atom stereocenters. The average molecular weight is 248 g/mol. The molecule has 13 heavy (non-hydrogen) atoms. The molecule has 0 aliphatic heterocycles. The molecule has 0 saturated heterocycles. The SMILES string of the molecule is CC(=O)Nc1n[nH]c(Br)c1C(=O)O. The van der Waals surface area contributed by atoms with Crippen LogP contribution in [-0.2, 0) is 4.79 Å². The summed E-state index contributed by atoms with van der Waals surface area (Å²) in [6, 6.07) is 0. The summed E-state index contributed by atoms with van der Waals surface area (Å²) in [5.41, 5.74) is -0.0878. The van der Waals surface area contributed by atoms with Crippen LogP contribution in [0, 0.1) is 0 Å². The van der Waals surface area contributed by atoms with Gasteiger partial charge in [0.15, 0.2) is 5.82 Å². The van der Waals surface area contributed by atoms with Crippen molar-refractivity contribution >= 4 is 33.6 Å². The average Bonchev–Trinajstić information content (AvgIpc) is 2.30. The molecular formula is C6H6BrN3O3. The zero-order valence-electron chi connectivity index (χ0n) is 6.59. The van der Waals surface area contributed by atoms with Gasteiger partial charge >= 0.3 is 5.97 Å². The smallest absolute Gasteiger partial charge is 0.342 e. The number of H-pyrrole nitrogens is 1. The van der Waals surface area contributed by atoms with Crippen LogP contribution in [0.5, 0.6) is 0 Å². The summed E-state index contributed by atoms with van der Waals surface area (Å²) in [5.74, 6) is -1.53. The number of halogens is 1. The molecule has 1 rings (SSSR count). The van der Waals surface area contributed by atoms with Gasteiger partial charge < -0.3 is 10.4 Å². The number of amides is 1. The van der Waals surface area contributed by atoms with E-state index in [1.165, 1.54) is 6.92 Å². The molecule has 1 aromatic heterocycles. The van der Waals surface area contributed by atoms with Crippen molar-refractivity contribution in [2.75, 3.05) is 5.32 Å². The van der Waals surface area contributed by atoms with Crippen molar-refractivity contribution in [3.8, 4) is 0 Å². The van der Waals surface area contributed by atoms with Crippen molar-refractivity contribution in [2.45, 2.75) is 6.92 Å². The van der Waals surface area contributed by atoms with E-state index in [9.17, 15) is 9.59 Å². The minimum atomic E-state index is -1.16. The molecule has 0 fully saturated rings. The van der Waals surface area contributed by atoms with E-state index in [2.05, 4.69) is 31.4 Å². The third kappa shape index (κ3) is 2.05. The van der Waals surface area contributed by atoms with Crippen LogP contribution < -0.4 is 5.32 Å². The first-order chi connectivity index (χ1) is 6.02. The van der Waals surface area contributed by atoms with Gasteiger partial charge in [-0.1, -0.05) is 0 Å². The molecule has 0 saturated carbocycles. The summed E-state index contributed by atoms with van der Waals surface area (Å²) in [6.45, 7) is 1.27. The van der Waals surface area contributed by atoms with Crippen LogP contribution in [0.1, 0.15) is 17.3 Å². The highest BCUT2D eigenvalue weighted by molar-refractivity contribution is 9.10. The highest BCUT2D eigenvalue weighted by Crippen LogP contribution is 2.21. The van der Waals surface area contributed by atoms with E-state index < -0.39 is 5.97 Å². The van der Waals surface area contributed by atoms with Crippen LogP contribution in [0.2, 0.25) is 0 Å². The maximum absolute atomic E-state index is 10.6. The number of anilines is 1. The lowest BCUT2D eigenvalue weighted by Gasteiger charge is -1.97. The number of carbonyl (C=O) groups is 2. The number of hydrogen-bond donors (Lipinski definition) is 3. The van der Waals surface area contributed by atoms with Gasteiger partial charge in [-0.05, 0) is 15.9 Å². The van der Waals surface area contributed by atoms with Crippen LogP contribution >= 0.6 is 15.9 Å². The Kier molecular flexibility index (Phi) is 2.66. The number of aromatic carboxylic acids is 1. The number of aromatic nitrogens is 2. The van der Waals surface area contributed by atoms with Gasteiger partial charge in [0.2, 0.25) is 5.91 Å². The summed E-state index contributed by atoms with van der Waals surface area (Å²) in [6.07, 6.45) is 0.